The predicted octanol–water partition coefficient (Wildman–Crippen LogP) is 2.37. The molecule has 0 bridgehead atoms. The first-order chi connectivity index (χ1) is 8.19. The molecule has 2 aromatic rings. The Morgan fingerprint density at radius 1 is 1.35 bits per heavy atom. The van der Waals surface area contributed by atoms with E-state index in [1.807, 2.05) is 0 Å². The summed E-state index contributed by atoms with van der Waals surface area (Å²) in [6, 6.07) is 7.06. The highest BCUT2D eigenvalue weighted by molar-refractivity contribution is 6.17. The molecule has 6 heteroatoms. The van der Waals surface area contributed by atoms with E-state index in [2.05, 4.69) is 15.5 Å². The van der Waals surface area contributed by atoms with Crippen molar-refractivity contribution in [1.82, 2.24) is 10.2 Å². The summed E-state index contributed by atoms with van der Waals surface area (Å²) < 4.78 is 5.05. The fourth-order valence-electron chi connectivity index (χ4n) is 1.26. The average molecular weight is 252 g/mol. The van der Waals surface area contributed by atoms with Gasteiger partial charge in [-0.05, 0) is 17.7 Å². The van der Waals surface area contributed by atoms with Crippen LogP contribution in [0.4, 0.5) is 6.01 Å². The zero-order chi connectivity index (χ0) is 12.3. The third-order valence-electron chi connectivity index (χ3n) is 2.12. The number of aromatic nitrogens is 2. The molecular weight excluding hydrogens is 242 g/mol. The standard InChI is InChI=1S/C11H10ClN3O2/c1-7-14-15-11(17-7)13-10(16)9-4-2-8(6-12)3-5-9/h2-5H,6H2,1H3,(H,13,15,16). The number of benzene rings is 1. The van der Waals surface area contributed by atoms with Gasteiger partial charge in [-0.15, -0.1) is 16.7 Å². The quantitative estimate of drug-likeness (QED) is 0.851. The summed E-state index contributed by atoms with van der Waals surface area (Å²) in [6.45, 7) is 1.65. The molecule has 0 unspecified atom stereocenters. The minimum atomic E-state index is -0.297. The van der Waals surface area contributed by atoms with Gasteiger partial charge in [0.05, 0.1) is 0 Å². The monoisotopic (exact) mass is 251 g/mol. The van der Waals surface area contributed by atoms with Crippen LogP contribution < -0.4 is 5.32 Å². The largest absolute Gasteiger partial charge is 0.408 e. The van der Waals surface area contributed by atoms with Crippen molar-refractivity contribution >= 4 is 23.5 Å². The maximum Gasteiger partial charge on any atom is 0.322 e. The summed E-state index contributed by atoms with van der Waals surface area (Å²) in [6.07, 6.45) is 0. The Labute approximate surface area is 103 Å². The Hall–Kier alpha value is -1.88. The van der Waals surface area contributed by atoms with Gasteiger partial charge in [0.15, 0.2) is 0 Å². The Morgan fingerprint density at radius 3 is 2.59 bits per heavy atom. The third-order valence-corrected chi connectivity index (χ3v) is 2.43. The van der Waals surface area contributed by atoms with Crippen LogP contribution in [0.2, 0.25) is 0 Å². The molecule has 0 radical (unpaired) electrons. The number of anilines is 1. The lowest BCUT2D eigenvalue weighted by atomic mass is 10.1. The highest BCUT2D eigenvalue weighted by Gasteiger charge is 2.09. The van der Waals surface area contributed by atoms with Gasteiger partial charge in [0.1, 0.15) is 0 Å². The molecule has 2 rings (SSSR count). The lowest BCUT2D eigenvalue weighted by molar-refractivity contribution is 0.102. The lowest BCUT2D eigenvalue weighted by Crippen LogP contribution is -2.12. The Morgan fingerprint density at radius 2 is 2.06 bits per heavy atom. The van der Waals surface area contributed by atoms with Gasteiger partial charge in [-0.1, -0.05) is 17.2 Å². The topological polar surface area (TPSA) is 68.0 Å². The van der Waals surface area contributed by atoms with Crippen LogP contribution in [0, 0.1) is 6.92 Å². The molecule has 0 spiro atoms. The van der Waals surface area contributed by atoms with Gasteiger partial charge >= 0.3 is 6.01 Å². The molecule has 0 atom stereocenters. The Kier molecular flexibility index (Phi) is 3.39. The van der Waals surface area contributed by atoms with Gasteiger partial charge in [-0.3, -0.25) is 10.1 Å². The van der Waals surface area contributed by atoms with E-state index in [1.165, 1.54) is 0 Å². The molecule has 1 N–H and O–H groups in total. The van der Waals surface area contributed by atoms with E-state index in [-0.39, 0.29) is 11.9 Å². The van der Waals surface area contributed by atoms with Crippen LogP contribution in [-0.2, 0) is 5.88 Å². The zero-order valence-corrected chi connectivity index (χ0v) is 9.86. The Bertz CT molecular complexity index is 522. The second-order valence-corrected chi connectivity index (χ2v) is 3.68. The van der Waals surface area contributed by atoms with Crippen molar-refractivity contribution in [2.45, 2.75) is 12.8 Å². The summed E-state index contributed by atoms with van der Waals surface area (Å²) in [5.74, 6) is 0.526. The van der Waals surface area contributed by atoms with Crippen LogP contribution in [0.5, 0.6) is 0 Å². The van der Waals surface area contributed by atoms with Crippen LogP contribution in [0.15, 0.2) is 28.7 Å². The van der Waals surface area contributed by atoms with Crippen molar-refractivity contribution in [1.29, 1.82) is 0 Å². The summed E-state index contributed by atoms with van der Waals surface area (Å²) in [7, 11) is 0. The van der Waals surface area contributed by atoms with Gasteiger partial charge in [0, 0.05) is 18.4 Å². The fourth-order valence-corrected chi connectivity index (χ4v) is 1.44. The van der Waals surface area contributed by atoms with Gasteiger partial charge < -0.3 is 4.42 Å². The van der Waals surface area contributed by atoms with Crippen molar-refractivity contribution in [3.8, 4) is 0 Å². The number of alkyl halides is 1. The number of aryl methyl sites for hydroxylation is 1. The van der Waals surface area contributed by atoms with Crippen LogP contribution in [0.25, 0.3) is 0 Å². The van der Waals surface area contributed by atoms with E-state index in [1.54, 1.807) is 31.2 Å². The Balaban J connectivity index is 2.09. The molecule has 0 aliphatic heterocycles. The van der Waals surface area contributed by atoms with E-state index >= 15 is 0 Å². The molecule has 0 fully saturated rings. The second-order valence-electron chi connectivity index (χ2n) is 3.41. The smallest absolute Gasteiger partial charge is 0.322 e. The lowest BCUT2D eigenvalue weighted by Gasteiger charge is -2.01. The third kappa shape index (κ3) is 2.82. The van der Waals surface area contributed by atoms with Gasteiger partial charge in [0.2, 0.25) is 5.89 Å². The number of carbonyl (C=O) groups excluding carboxylic acids is 1. The van der Waals surface area contributed by atoms with Crippen LogP contribution in [0.3, 0.4) is 0 Å². The molecule has 17 heavy (non-hydrogen) atoms. The first-order valence-electron chi connectivity index (χ1n) is 4.95. The predicted molar refractivity (Wildman–Crippen MR) is 63.0 cm³/mol. The number of halogens is 1. The molecule has 0 saturated heterocycles. The molecule has 0 aliphatic carbocycles. The fraction of sp³-hybridized carbons (Fsp3) is 0.182. The molecule has 1 amide bonds. The van der Waals surface area contributed by atoms with Crippen molar-refractivity contribution in [3.63, 3.8) is 0 Å². The molecule has 1 aromatic heterocycles. The van der Waals surface area contributed by atoms with E-state index < -0.39 is 0 Å². The minimum Gasteiger partial charge on any atom is -0.408 e. The van der Waals surface area contributed by atoms with Gasteiger partial charge in [0.25, 0.3) is 5.91 Å². The zero-order valence-electron chi connectivity index (χ0n) is 9.11. The van der Waals surface area contributed by atoms with Crippen molar-refractivity contribution in [3.05, 3.63) is 41.3 Å². The minimum absolute atomic E-state index is 0.0916. The van der Waals surface area contributed by atoms with E-state index in [9.17, 15) is 4.79 Å². The molecule has 1 aromatic carbocycles. The number of nitrogens with one attached hydrogen (secondary N) is 1. The van der Waals surface area contributed by atoms with Gasteiger partial charge in [-0.25, -0.2) is 0 Å². The number of hydrogen-bond donors (Lipinski definition) is 1. The van der Waals surface area contributed by atoms with Gasteiger partial charge in [-0.2, -0.15) is 0 Å². The van der Waals surface area contributed by atoms with E-state index in [4.69, 9.17) is 16.0 Å². The van der Waals surface area contributed by atoms with Crippen molar-refractivity contribution in [2.24, 2.45) is 0 Å². The molecule has 1 heterocycles. The SMILES string of the molecule is Cc1nnc(NC(=O)c2ccc(CCl)cc2)o1. The van der Waals surface area contributed by atoms with Crippen molar-refractivity contribution in [2.75, 3.05) is 5.32 Å². The summed E-state index contributed by atoms with van der Waals surface area (Å²) in [4.78, 5) is 11.8. The maximum absolute atomic E-state index is 11.8. The maximum atomic E-state index is 11.8. The first-order valence-corrected chi connectivity index (χ1v) is 5.49. The number of rotatable bonds is 3. The molecule has 88 valence electrons. The molecule has 5 nitrogen and oxygen atoms in total. The van der Waals surface area contributed by atoms with Crippen LogP contribution in [-0.4, -0.2) is 16.1 Å². The number of hydrogen-bond acceptors (Lipinski definition) is 4. The average Bonchev–Trinajstić information content (AvgIpc) is 2.75. The number of carbonyl (C=O) groups is 1. The molecular formula is C11H10ClN3O2. The van der Waals surface area contributed by atoms with Crippen LogP contribution >= 0.6 is 11.6 Å². The first kappa shape index (κ1) is 11.6. The summed E-state index contributed by atoms with van der Waals surface area (Å²) >= 11 is 5.66. The summed E-state index contributed by atoms with van der Waals surface area (Å²) in [5.41, 5.74) is 1.46. The summed E-state index contributed by atoms with van der Waals surface area (Å²) in [5, 5.41) is 9.79. The number of amides is 1. The molecule has 0 aliphatic rings. The van der Waals surface area contributed by atoms with E-state index in [0.717, 1.165) is 5.56 Å². The van der Waals surface area contributed by atoms with E-state index in [0.29, 0.717) is 17.3 Å². The second kappa shape index (κ2) is 4.97. The van der Waals surface area contributed by atoms with Crippen molar-refractivity contribution < 1.29 is 9.21 Å². The van der Waals surface area contributed by atoms with Crippen LogP contribution in [0.1, 0.15) is 21.8 Å². The number of nitrogens with zero attached hydrogens (tertiary/aromatic N) is 2. The normalized spacial score (nSPS) is 10.2. The highest BCUT2D eigenvalue weighted by Crippen LogP contribution is 2.10. The highest BCUT2D eigenvalue weighted by atomic mass is 35.5. The molecule has 0 saturated carbocycles.